The highest BCUT2D eigenvalue weighted by atomic mass is 35.5. The van der Waals surface area contributed by atoms with E-state index in [1.807, 2.05) is 30.3 Å². The molecular formula is C24H36ClN3O5. The molecule has 8 nitrogen and oxygen atoms in total. The largest absolute Gasteiger partial charge is 0.480 e. The van der Waals surface area contributed by atoms with Gasteiger partial charge in [0, 0.05) is 6.04 Å². The lowest BCUT2D eigenvalue weighted by Crippen LogP contribution is -2.64. The van der Waals surface area contributed by atoms with Crippen LogP contribution < -0.4 is 11.1 Å². The minimum Gasteiger partial charge on any atom is -0.480 e. The molecule has 5 N–H and O–H groups in total. The predicted octanol–water partition coefficient (Wildman–Crippen LogP) is 2.44. The van der Waals surface area contributed by atoms with Crippen LogP contribution in [0.2, 0.25) is 0 Å². The lowest BCUT2D eigenvalue weighted by molar-refractivity contribution is -0.164. The highest BCUT2D eigenvalue weighted by Gasteiger charge is 2.49. The summed E-state index contributed by atoms with van der Waals surface area (Å²) in [4.78, 5) is 39.1. The molecule has 184 valence electrons. The van der Waals surface area contributed by atoms with Crippen LogP contribution in [-0.2, 0) is 20.8 Å². The molecule has 1 saturated carbocycles. The fourth-order valence-corrected chi connectivity index (χ4v) is 5.21. The minimum atomic E-state index is -1.01. The zero-order chi connectivity index (χ0) is 23.1. The Balaban J connectivity index is 0.00000385. The first-order chi connectivity index (χ1) is 15.4. The number of hydrogen-bond acceptors (Lipinski definition) is 5. The van der Waals surface area contributed by atoms with Crippen molar-refractivity contribution in [1.82, 2.24) is 10.2 Å². The van der Waals surface area contributed by atoms with Gasteiger partial charge in [0.15, 0.2) is 0 Å². The minimum absolute atomic E-state index is 0. The van der Waals surface area contributed by atoms with Crippen LogP contribution in [0, 0.1) is 5.92 Å². The van der Waals surface area contributed by atoms with E-state index >= 15 is 0 Å². The number of carbonyl (C=O) groups excluding carboxylic acids is 1. The third-order valence-electron chi connectivity index (χ3n) is 6.90. The number of rotatable bonds is 12. The van der Waals surface area contributed by atoms with Crippen LogP contribution in [0.25, 0.3) is 0 Å². The van der Waals surface area contributed by atoms with Gasteiger partial charge in [-0.15, -0.1) is 12.4 Å². The van der Waals surface area contributed by atoms with Crippen LogP contribution in [0.4, 0.5) is 0 Å². The van der Waals surface area contributed by atoms with E-state index in [1.54, 1.807) is 4.90 Å². The van der Waals surface area contributed by atoms with Crippen molar-refractivity contribution in [2.75, 3.05) is 6.54 Å². The molecule has 2 aliphatic heterocycles. The van der Waals surface area contributed by atoms with E-state index in [0.29, 0.717) is 32.2 Å². The Bertz CT molecular complexity index is 786. The average Bonchev–Trinajstić information content (AvgIpc) is 2.80. The fourth-order valence-electron chi connectivity index (χ4n) is 5.21. The van der Waals surface area contributed by atoms with Crippen LogP contribution in [0.15, 0.2) is 30.3 Å². The number of nitrogens with zero attached hydrogens (tertiary/aromatic N) is 1. The molecule has 4 rings (SSSR count). The van der Waals surface area contributed by atoms with E-state index in [1.165, 1.54) is 0 Å². The molecule has 9 heteroatoms. The summed E-state index contributed by atoms with van der Waals surface area (Å²) in [5.74, 6) is -2.28. The molecule has 3 aliphatic rings. The van der Waals surface area contributed by atoms with Crippen molar-refractivity contribution in [3.8, 4) is 0 Å². The number of aliphatic carboxylic acids is 2. The summed E-state index contributed by atoms with van der Waals surface area (Å²) in [5.41, 5.74) is 6.65. The van der Waals surface area contributed by atoms with Gasteiger partial charge in [-0.2, -0.15) is 0 Å². The second-order valence-corrected chi connectivity index (χ2v) is 9.02. The van der Waals surface area contributed by atoms with Crippen LogP contribution in [0.1, 0.15) is 56.9 Å². The number of benzene rings is 1. The van der Waals surface area contributed by atoms with Gasteiger partial charge in [-0.25, -0.2) is 4.79 Å². The van der Waals surface area contributed by atoms with E-state index in [-0.39, 0.29) is 30.3 Å². The maximum Gasteiger partial charge on any atom is 0.326 e. The Hall–Kier alpha value is -2.16. The molecular weight excluding hydrogens is 446 g/mol. The van der Waals surface area contributed by atoms with Crippen LogP contribution in [0.5, 0.6) is 0 Å². The average molecular weight is 482 g/mol. The fraction of sp³-hybridized carbons (Fsp3) is 0.625. The van der Waals surface area contributed by atoms with Gasteiger partial charge in [-0.05, 0) is 69.4 Å². The standard InChI is InChI=1S/C24H35N3O5.ClH/c25-15-5-4-8-19(26-20(23(29)30)14-9-16-6-2-1-3-7-16)22(28)27-18-12-10-17(11-13-18)21(27)24(31)32;/h1-3,6-7,17-21,26H,4-5,8-15,25H2,(H,29,30)(H,31,32);1H/t17?,18?,19-,20-,21-;/m0./s1. The molecule has 2 saturated heterocycles. The Morgan fingerprint density at radius 3 is 2.24 bits per heavy atom. The van der Waals surface area contributed by atoms with E-state index < -0.39 is 30.1 Å². The number of hydrogen-bond donors (Lipinski definition) is 4. The molecule has 2 bridgehead atoms. The monoisotopic (exact) mass is 481 g/mol. The molecule has 1 aliphatic carbocycles. The molecule has 3 atom stereocenters. The van der Waals surface area contributed by atoms with Crippen molar-refractivity contribution in [2.24, 2.45) is 11.7 Å². The number of fused-ring (bicyclic) bond motifs is 3. The number of carboxylic acid groups (broad SMARTS) is 2. The molecule has 3 fully saturated rings. The van der Waals surface area contributed by atoms with Crippen molar-refractivity contribution in [2.45, 2.75) is 82.0 Å². The van der Waals surface area contributed by atoms with Crippen molar-refractivity contribution in [3.63, 3.8) is 0 Å². The van der Waals surface area contributed by atoms with E-state index in [2.05, 4.69) is 5.32 Å². The number of unbranched alkanes of at least 4 members (excludes halogenated alkanes) is 1. The Morgan fingerprint density at radius 1 is 1.00 bits per heavy atom. The van der Waals surface area contributed by atoms with E-state index in [4.69, 9.17) is 5.73 Å². The van der Waals surface area contributed by atoms with Gasteiger partial charge < -0.3 is 20.8 Å². The van der Waals surface area contributed by atoms with Gasteiger partial charge in [-0.3, -0.25) is 14.9 Å². The summed E-state index contributed by atoms with van der Waals surface area (Å²) in [6.45, 7) is 0.490. The van der Waals surface area contributed by atoms with Gasteiger partial charge in [0.25, 0.3) is 0 Å². The number of carbonyl (C=O) groups is 3. The molecule has 1 amide bonds. The number of nitrogens with one attached hydrogen (secondary N) is 1. The maximum absolute atomic E-state index is 13.6. The molecule has 1 aromatic carbocycles. The normalized spacial score (nSPS) is 23.4. The van der Waals surface area contributed by atoms with Gasteiger partial charge in [-0.1, -0.05) is 36.8 Å². The molecule has 0 radical (unpaired) electrons. The third kappa shape index (κ3) is 6.91. The summed E-state index contributed by atoms with van der Waals surface area (Å²) in [6, 6.07) is 7.10. The summed E-state index contributed by atoms with van der Waals surface area (Å²) < 4.78 is 0. The van der Waals surface area contributed by atoms with Gasteiger partial charge >= 0.3 is 11.9 Å². The lowest BCUT2D eigenvalue weighted by Gasteiger charge is -2.50. The lowest BCUT2D eigenvalue weighted by atomic mass is 9.74. The van der Waals surface area contributed by atoms with Crippen molar-refractivity contribution in [1.29, 1.82) is 0 Å². The molecule has 0 aromatic heterocycles. The number of amides is 1. The molecule has 1 aromatic rings. The van der Waals surface area contributed by atoms with Crippen LogP contribution in [0.3, 0.4) is 0 Å². The number of piperidine rings is 2. The Kier molecular flexibility index (Phi) is 10.6. The first-order valence-corrected chi connectivity index (χ1v) is 11.7. The van der Waals surface area contributed by atoms with Crippen molar-refractivity contribution < 1.29 is 24.6 Å². The number of aryl methyl sites for hydroxylation is 1. The Labute approximate surface area is 201 Å². The zero-order valence-electron chi connectivity index (χ0n) is 18.9. The van der Waals surface area contributed by atoms with E-state index in [0.717, 1.165) is 37.7 Å². The highest BCUT2D eigenvalue weighted by Crippen LogP contribution is 2.40. The topological polar surface area (TPSA) is 133 Å². The number of carboxylic acids is 2. The van der Waals surface area contributed by atoms with Crippen molar-refractivity contribution in [3.05, 3.63) is 35.9 Å². The highest BCUT2D eigenvalue weighted by molar-refractivity contribution is 5.88. The molecule has 0 spiro atoms. The van der Waals surface area contributed by atoms with E-state index in [9.17, 15) is 24.6 Å². The second kappa shape index (κ2) is 12.9. The molecule has 33 heavy (non-hydrogen) atoms. The summed E-state index contributed by atoms with van der Waals surface area (Å²) in [7, 11) is 0. The quantitative estimate of drug-likeness (QED) is 0.337. The van der Waals surface area contributed by atoms with Crippen LogP contribution in [-0.4, -0.2) is 63.7 Å². The van der Waals surface area contributed by atoms with Gasteiger partial charge in [0.05, 0.1) is 6.04 Å². The third-order valence-corrected chi connectivity index (χ3v) is 6.90. The Morgan fingerprint density at radius 2 is 1.67 bits per heavy atom. The first kappa shape index (κ1) is 27.1. The SMILES string of the molecule is Cl.NCCCC[C@H](N[C@@H](CCc1ccccc1)C(=O)O)C(=O)N1C2CCC(CC2)[C@H]1C(=O)O. The van der Waals surface area contributed by atoms with Gasteiger partial charge in [0.2, 0.25) is 5.91 Å². The smallest absolute Gasteiger partial charge is 0.326 e. The summed E-state index contributed by atoms with van der Waals surface area (Å²) >= 11 is 0. The zero-order valence-corrected chi connectivity index (χ0v) is 19.7. The summed E-state index contributed by atoms with van der Waals surface area (Å²) in [6.07, 6.45) is 6.02. The number of nitrogens with two attached hydrogens (primary N) is 1. The van der Waals surface area contributed by atoms with Crippen LogP contribution >= 0.6 is 12.4 Å². The second-order valence-electron chi connectivity index (χ2n) is 9.02. The first-order valence-electron chi connectivity index (χ1n) is 11.7. The maximum atomic E-state index is 13.6. The predicted molar refractivity (Wildman–Crippen MR) is 127 cm³/mol. The summed E-state index contributed by atoms with van der Waals surface area (Å²) in [5, 5.41) is 22.7. The molecule has 2 heterocycles. The van der Waals surface area contributed by atoms with Gasteiger partial charge in [0.1, 0.15) is 12.1 Å². The number of halogens is 1. The van der Waals surface area contributed by atoms with Crippen molar-refractivity contribution >= 4 is 30.3 Å². The molecule has 0 unspecified atom stereocenters.